The monoisotopic (exact) mass is 279 g/mol. The zero-order chi connectivity index (χ0) is 13.9. The molecule has 1 aliphatic heterocycles. The summed E-state index contributed by atoms with van der Waals surface area (Å²) >= 11 is 2.05. The number of rotatable bonds is 4. The van der Waals surface area contributed by atoms with Crippen molar-refractivity contribution in [2.24, 2.45) is 0 Å². The second-order valence-electron chi connectivity index (χ2n) is 5.76. The summed E-state index contributed by atoms with van der Waals surface area (Å²) in [6.07, 6.45) is 2.01. The van der Waals surface area contributed by atoms with E-state index in [1.165, 1.54) is 11.3 Å². The fraction of sp³-hybridized carbons (Fsp3) is 0.667. The topological polar surface area (TPSA) is 28.2 Å². The van der Waals surface area contributed by atoms with Gasteiger partial charge in [0.1, 0.15) is 5.82 Å². The summed E-state index contributed by atoms with van der Waals surface area (Å²) < 4.78 is 0.329. The highest BCUT2D eigenvalue weighted by Gasteiger charge is 2.27. The average Bonchev–Trinajstić information content (AvgIpc) is 2.38. The van der Waals surface area contributed by atoms with Crippen LogP contribution in [0.2, 0.25) is 0 Å². The first-order valence-corrected chi connectivity index (χ1v) is 8.08. The lowest BCUT2D eigenvalue weighted by molar-refractivity contribution is 0.595. The average molecular weight is 279 g/mol. The van der Waals surface area contributed by atoms with Crippen LogP contribution in [0.5, 0.6) is 0 Å². The molecule has 0 aromatic carbocycles. The second-order valence-corrected chi connectivity index (χ2v) is 7.56. The van der Waals surface area contributed by atoms with Gasteiger partial charge in [0.2, 0.25) is 0 Å². The minimum absolute atomic E-state index is 0.329. The molecule has 19 heavy (non-hydrogen) atoms. The molecule has 0 bridgehead atoms. The van der Waals surface area contributed by atoms with Crippen LogP contribution in [0.4, 0.5) is 5.82 Å². The molecule has 1 aliphatic rings. The summed E-state index contributed by atoms with van der Waals surface area (Å²) in [6, 6.07) is 4.74. The Balaban J connectivity index is 2.05. The Morgan fingerprint density at radius 2 is 2.26 bits per heavy atom. The molecule has 1 N–H and O–H groups in total. The van der Waals surface area contributed by atoms with Gasteiger partial charge in [-0.2, -0.15) is 11.8 Å². The molecule has 4 heteroatoms. The Bertz CT molecular complexity index is 402. The van der Waals surface area contributed by atoms with Crippen molar-refractivity contribution in [2.45, 2.75) is 38.5 Å². The van der Waals surface area contributed by atoms with Crippen LogP contribution >= 0.6 is 11.8 Å². The quantitative estimate of drug-likeness (QED) is 0.917. The van der Waals surface area contributed by atoms with E-state index in [1.54, 1.807) is 0 Å². The summed E-state index contributed by atoms with van der Waals surface area (Å²) in [5.41, 5.74) is 1.26. The van der Waals surface area contributed by atoms with Gasteiger partial charge in [-0.15, -0.1) is 0 Å². The lowest BCUT2D eigenvalue weighted by Gasteiger charge is -2.38. The molecule has 1 aromatic heterocycles. The van der Waals surface area contributed by atoms with Crippen molar-refractivity contribution < 1.29 is 0 Å². The van der Waals surface area contributed by atoms with Crippen LogP contribution in [0.1, 0.15) is 39.3 Å². The molecule has 106 valence electrons. The van der Waals surface area contributed by atoms with Gasteiger partial charge in [0.25, 0.3) is 0 Å². The highest BCUT2D eigenvalue weighted by atomic mass is 32.2. The van der Waals surface area contributed by atoms with Crippen molar-refractivity contribution in [1.29, 1.82) is 0 Å². The maximum atomic E-state index is 4.65. The van der Waals surface area contributed by atoms with E-state index in [-0.39, 0.29) is 0 Å². The van der Waals surface area contributed by atoms with Gasteiger partial charge in [-0.25, -0.2) is 4.98 Å². The van der Waals surface area contributed by atoms with E-state index in [0.29, 0.717) is 10.8 Å². The van der Waals surface area contributed by atoms with E-state index >= 15 is 0 Å². The molecule has 2 heterocycles. The summed E-state index contributed by atoms with van der Waals surface area (Å²) in [5.74, 6) is 2.30. The van der Waals surface area contributed by atoms with E-state index in [0.717, 1.165) is 25.5 Å². The molecular formula is C15H25N3S. The van der Waals surface area contributed by atoms with Crippen LogP contribution in [-0.2, 0) is 0 Å². The van der Waals surface area contributed by atoms with Crippen LogP contribution in [0.25, 0.3) is 0 Å². The number of hydrogen-bond donors (Lipinski definition) is 1. The van der Waals surface area contributed by atoms with Gasteiger partial charge in [0.05, 0.1) is 0 Å². The van der Waals surface area contributed by atoms with Crippen LogP contribution in [-0.4, -0.2) is 35.1 Å². The van der Waals surface area contributed by atoms with Crippen LogP contribution in [0, 0.1) is 0 Å². The summed E-state index contributed by atoms with van der Waals surface area (Å²) in [5, 5.41) is 3.42. The Morgan fingerprint density at radius 1 is 1.47 bits per heavy atom. The molecule has 0 amide bonds. The van der Waals surface area contributed by atoms with E-state index in [2.05, 4.69) is 66.8 Å². The number of aromatic nitrogens is 1. The van der Waals surface area contributed by atoms with Gasteiger partial charge >= 0.3 is 0 Å². The number of hydrogen-bond acceptors (Lipinski definition) is 4. The molecule has 1 saturated heterocycles. The minimum atomic E-state index is 0.329. The van der Waals surface area contributed by atoms with E-state index in [9.17, 15) is 0 Å². The lowest BCUT2D eigenvalue weighted by atomic mass is 10.1. The van der Waals surface area contributed by atoms with Crippen molar-refractivity contribution in [2.75, 3.05) is 30.3 Å². The van der Waals surface area contributed by atoms with Crippen molar-refractivity contribution in [3.05, 3.63) is 23.9 Å². The van der Waals surface area contributed by atoms with Gasteiger partial charge in [-0.1, -0.05) is 13.0 Å². The molecule has 2 rings (SSSR count). The SMILES string of the molecule is CCNC(C)c1ccc(N2CCSC(C)(C)C2)nc1. The molecule has 3 nitrogen and oxygen atoms in total. The number of pyridine rings is 1. The first-order valence-electron chi connectivity index (χ1n) is 7.10. The largest absolute Gasteiger partial charge is 0.354 e. The van der Waals surface area contributed by atoms with Crippen LogP contribution in [0.15, 0.2) is 18.3 Å². The van der Waals surface area contributed by atoms with Crippen molar-refractivity contribution in [3.63, 3.8) is 0 Å². The highest BCUT2D eigenvalue weighted by molar-refractivity contribution is 8.00. The van der Waals surface area contributed by atoms with E-state index in [4.69, 9.17) is 0 Å². The zero-order valence-corrected chi connectivity index (χ0v) is 13.3. The molecular weight excluding hydrogens is 254 g/mol. The first-order chi connectivity index (χ1) is 9.02. The number of anilines is 1. The van der Waals surface area contributed by atoms with Crippen molar-refractivity contribution in [1.82, 2.24) is 10.3 Å². The third kappa shape index (κ3) is 3.86. The molecule has 0 radical (unpaired) electrons. The highest BCUT2D eigenvalue weighted by Crippen LogP contribution is 2.31. The predicted molar refractivity (Wildman–Crippen MR) is 85.1 cm³/mol. The lowest BCUT2D eigenvalue weighted by Crippen LogP contribution is -2.43. The third-order valence-electron chi connectivity index (χ3n) is 3.53. The van der Waals surface area contributed by atoms with Gasteiger partial charge in [-0.3, -0.25) is 0 Å². The van der Waals surface area contributed by atoms with Gasteiger partial charge in [0.15, 0.2) is 0 Å². The molecule has 0 aliphatic carbocycles. The summed E-state index contributed by atoms with van der Waals surface area (Å²) in [6.45, 7) is 12.1. The fourth-order valence-electron chi connectivity index (χ4n) is 2.48. The Kier molecular flexibility index (Phi) is 4.74. The van der Waals surface area contributed by atoms with E-state index < -0.39 is 0 Å². The Morgan fingerprint density at radius 3 is 2.84 bits per heavy atom. The molecule has 1 atom stereocenters. The first kappa shape index (κ1) is 14.7. The summed E-state index contributed by atoms with van der Waals surface area (Å²) in [4.78, 5) is 7.05. The standard InChI is InChI=1S/C15H25N3S/c1-5-16-12(2)13-6-7-14(17-10-13)18-8-9-19-15(3,4)11-18/h6-7,10,12,16H,5,8-9,11H2,1-4H3. The minimum Gasteiger partial charge on any atom is -0.354 e. The normalized spacial score (nSPS) is 20.3. The number of nitrogens with zero attached hydrogens (tertiary/aromatic N) is 2. The fourth-order valence-corrected chi connectivity index (χ4v) is 3.59. The molecule has 0 saturated carbocycles. The third-order valence-corrected chi connectivity index (χ3v) is 4.83. The Hall–Kier alpha value is -0.740. The van der Waals surface area contributed by atoms with Crippen molar-refractivity contribution in [3.8, 4) is 0 Å². The van der Waals surface area contributed by atoms with Crippen LogP contribution in [0.3, 0.4) is 0 Å². The number of nitrogens with one attached hydrogen (secondary N) is 1. The molecule has 1 unspecified atom stereocenters. The van der Waals surface area contributed by atoms with E-state index in [1.807, 2.05) is 6.20 Å². The smallest absolute Gasteiger partial charge is 0.128 e. The maximum absolute atomic E-state index is 4.65. The molecule has 1 aromatic rings. The van der Waals surface area contributed by atoms with Gasteiger partial charge in [-0.05, 0) is 38.9 Å². The van der Waals surface area contributed by atoms with Crippen molar-refractivity contribution >= 4 is 17.6 Å². The second kappa shape index (κ2) is 6.14. The zero-order valence-electron chi connectivity index (χ0n) is 12.4. The summed E-state index contributed by atoms with van der Waals surface area (Å²) in [7, 11) is 0. The maximum Gasteiger partial charge on any atom is 0.128 e. The van der Waals surface area contributed by atoms with Crippen LogP contribution < -0.4 is 10.2 Å². The molecule has 1 fully saturated rings. The molecule has 0 spiro atoms. The Labute approximate surface area is 121 Å². The van der Waals surface area contributed by atoms with Gasteiger partial charge in [0, 0.05) is 35.8 Å². The predicted octanol–water partition coefficient (Wildman–Crippen LogP) is 3.08. The van der Waals surface area contributed by atoms with Gasteiger partial charge < -0.3 is 10.2 Å². The number of thioether (sulfide) groups is 1.